The van der Waals surface area contributed by atoms with Crippen molar-refractivity contribution in [1.29, 1.82) is 0 Å². The molecule has 0 saturated carbocycles. The molecule has 0 fully saturated rings. The fourth-order valence-electron chi connectivity index (χ4n) is 2.12. The topological polar surface area (TPSA) is 73.6 Å². The van der Waals surface area contributed by atoms with E-state index in [4.69, 9.17) is 15.2 Å². The van der Waals surface area contributed by atoms with Gasteiger partial charge in [0.2, 0.25) is 5.91 Å². The summed E-state index contributed by atoms with van der Waals surface area (Å²) in [6.07, 6.45) is 0. The Bertz CT molecular complexity index is 460. The Kier molecular flexibility index (Phi) is 4.27. The van der Waals surface area contributed by atoms with Crippen LogP contribution < -0.4 is 20.5 Å². The number of nitrogens with two attached hydrogens (primary N) is 1. The van der Waals surface area contributed by atoms with Crippen LogP contribution >= 0.6 is 0 Å². The minimum atomic E-state index is -0.159. The van der Waals surface area contributed by atoms with Crippen LogP contribution in [0.1, 0.15) is 25.5 Å². The molecule has 0 aromatic heterocycles. The SMILES string of the molecule is CC(C)C(NC(=O)CN)c1ccc2c(c1)OCCO2. The minimum Gasteiger partial charge on any atom is -0.486 e. The van der Waals surface area contributed by atoms with Crippen molar-refractivity contribution in [3.05, 3.63) is 23.8 Å². The molecule has 1 heterocycles. The van der Waals surface area contributed by atoms with Gasteiger partial charge >= 0.3 is 0 Å². The van der Waals surface area contributed by atoms with Gasteiger partial charge in [-0.2, -0.15) is 0 Å². The van der Waals surface area contributed by atoms with Gasteiger partial charge in [-0.05, 0) is 23.6 Å². The van der Waals surface area contributed by atoms with Gasteiger partial charge < -0.3 is 20.5 Å². The van der Waals surface area contributed by atoms with Gasteiger partial charge in [0.05, 0.1) is 12.6 Å². The molecule has 0 saturated heterocycles. The Morgan fingerprint density at radius 1 is 1.32 bits per heavy atom. The van der Waals surface area contributed by atoms with E-state index in [1.165, 1.54) is 0 Å². The molecule has 0 spiro atoms. The van der Waals surface area contributed by atoms with Crippen molar-refractivity contribution >= 4 is 5.91 Å². The lowest BCUT2D eigenvalue weighted by Crippen LogP contribution is -2.36. The highest BCUT2D eigenvalue weighted by Gasteiger charge is 2.20. The highest BCUT2D eigenvalue weighted by molar-refractivity contribution is 5.78. The number of benzene rings is 1. The normalized spacial score (nSPS) is 15.2. The average Bonchev–Trinajstić information content (AvgIpc) is 2.43. The zero-order valence-corrected chi connectivity index (χ0v) is 11.3. The average molecular weight is 264 g/mol. The number of hydrogen-bond acceptors (Lipinski definition) is 4. The van der Waals surface area contributed by atoms with Crippen LogP contribution in [0.25, 0.3) is 0 Å². The van der Waals surface area contributed by atoms with Crippen molar-refractivity contribution in [2.24, 2.45) is 11.7 Å². The van der Waals surface area contributed by atoms with Crippen LogP contribution in [0.3, 0.4) is 0 Å². The lowest BCUT2D eigenvalue weighted by molar-refractivity contribution is -0.120. The summed E-state index contributed by atoms with van der Waals surface area (Å²) in [6, 6.07) is 5.69. The molecule has 0 radical (unpaired) electrons. The largest absolute Gasteiger partial charge is 0.486 e. The number of fused-ring (bicyclic) bond motifs is 1. The molecular weight excluding hydrogens is 244 g/mol. The van der Waals surface area contributed by atoms with E-state index in [-0.39, 0.29) is 24.4 Å². The predicted molar refractivity (Wildman–Crippen MR) is 72.2 cm³/mol. The third-order valence-electron chi connectivity index (χ3n) is 3.09. The summed E-state index contributed by atoms with van der Waals surface area (Å²) in [7, 11) is 0. The van der Waals surface area contributed by atoms with Crippen LogP contribution in [-0.2, 0) is 4.79 Å². The molecular formula is C14H20N2O3. The molecule has 1 amide bonds. The predicted octanol–water partition coefficient (Wildman–Crippen LogP) is 1.23. The van der Waals surface area contributed by atoms with Crippen molar-refractivity contribution in [2.45, 2.75) is 19.9 Å². The zero-order chi connectivity index (χ0) is 13.8. The zero-order valence-electron chi connectivity index (χ0n) is 11.3. The van der Waals surface area contributed by atoms with Crippen LogP contribution in [0, 0.1) is 5.92 Å². The van der Waals surface area contributed by atoms with Gasteiger partial charge in [-0.1, -0.05) is 19.9 Å². The first kappa shape index (κ1) is 13.7. The summed E-state index contributed by atoms with van der Waals surface area (Å²) in [6.45, 7) is 5.23. The number of ether oxygens (including phenoxy) is 2. The molecule has 1 aliphatic heterocycles. The fourth-order valence-corrected chi connectivity index (χ4v) is 2.12. The molecule has 0 aliphatic carbocycles. The first-order chi connectivity index (χ1) is 9.11. The third-order valence-corrected chi connectivity index (χ3v) is 3.09. The van der Waals surface area contributed by atoms with E-state index in [0.717, 1.165) is 17.1 Å². The third kappa shape index (κ3) is 3.17. The number of nitrogens with one attached hydrogen (secondary N) is 1. The Labute approximate surface area is 113 Å². The van der Waals surface area contributed by atoms with E-state index in [1.54, 1.807) is 0 Å². The summed E-state index contributed by atoms with van der Waals surface area (Å²) < 4.78 is 11.1. The molecule has 1 aromatic rings. The van der Waals surface area contributed by atoms with E-state index >= 15 is 0 Å². The van der Waals surface area contributed by atoms with Crippen molar-refractivity contribution in [3.63, 3.8) is 0 Å². The van der Waals surface area contributed by atoms with Crippen LogP contribution in [0.2, 0.25) is 0 Å². The Morgan fingerprint density at radius 3 is 2.63 bits per heavy atom. The van der Waals surface area contributed by atoms with Gasteiger partial charge in [0.15, 0.2) is 11.5 Å². The Hall–Kier alpha value is -1.75. The van der Waals surface area contributed by atoms with Gasteiger partial charge in [0.25, 0.3) is 0 Å². The Morgan fingerprint density at radius 2 is 2.00 bits per heavy atom. The molecule has 1 aliphatic rings. The fraction of sp³-hybridized carbons (Fsp3) is 0.500. The van der Waals surface area contributed by atoms with E-state index in [1.807, 2.05) is 18.2 Å². The molecule has 1 atom stereocenters. The second kappa shape index (κ2) is 5.93. The number of hydrogen-bond donors (Lipinski definition) is 2. The molecule has 104 valence electrons. The monoisotopic (exact) mass is 264 g/mol. The van der Waals surface area contributed by atoms with Gasteiger partial charge in [0, 0.05) is 0 Å². The van der Waals surface area contributed by atoms with Crippen molar-refractivity contribution in [1.82, 2.24) is 5.32 Å². The maximum Gasteiger partial charge on any atom is 0.234 e. The quantitative estimate of drug-likeness (QED) is 0.858. The molecule has 5 heteroatoms. The summed E-state index contributed by atoms with van der Waals surface area (Å²) in [5.74, 6) is 1.59. The minimum absolute atomic E-state index is 0.00618. The van der Waals surface area contributed by atoms with Gasteiger partial charge in [0.1, 0.15) is 13.2 Å². The lowest BCUT2D eigenvalue weighted by Gasteiger charge is -2.25. The summed E-state index contributed by atoms with van der Waals surface area (Å²) in [5.41, 5.74) is 6.35. The summed E-state index contributed by atoms with van der Waals surface area (Å²) in [4.78, 5) is 11.5. The van der Waals surface area contributed by atoms with Crippen LogP contribution in [-0.4, -0.2) is 25.7 Å². The molecule has 5 nitrogen and oxygen atoms in total. The van der Waals surface area contributed by atoms with Crippen LogP contribution in [0.15, 0.2) is 18.2 Å². The van der Waals surface area contributed by atoms with Crippen molar-refractivity contribution in [2.75, 3.05) is 19.8 Å². The second-order valence-corrected chi connectivity index (χ2v) is 4.90. The number of carbonyl (C=O) groups is 1. The highest BCUT2D eigenvalue weighted by Crippen LogP contribution is 2.34. The first-order valence-corrected chi connectivity index (χ1v) is 6.50. The number of amides is 1. The van der Waals surface area contributed by atoms with Crippen molar-refractivity contribution < 1.29 is 14.3 Å². The smallest absolute Gasteiger partial charge is 0.234 e. The lowest BCUT2D eigenvalue weighted by atomic mass is 9.95. The first-order valence-electron chi connectivity index (χ1n) is 6.50. The molecule has 3 N–H and O–H groups in total. The molecule has 1 unspecified atom stereocenters. The standard InChI is InChI=1S/C14H20N2O3/c1-9(2)14(16-13(17)8-15)10-3-4-11-12(7-10)19-6-5-18-11/h3-4,7,9,14H,5-6,8,15H2,1-2H3,(H,16,17). The van der Waals surface area contributed by atoms with Crippen LogP contribution in [0.4, 0.5) is 0 Å². The number of carbonyl (C=O) groups excluding carboxylic acids is 1. The van der Waals surface area contributed by atoms with Gasteiger partial charge in [-0.25, -0.2) is 0 Å². The van der Waals surface area contributed by atoms with Crippen molar-refractivity contribution in [3.8, 4) is 11.5 Å². The summed E-state index contributed by atoms with van der Waals surface area (Å²) >= 11 is 0. The van der Waals surface area contributed by atoms with E-state index < -0.39 is 0 Å². The van der Waals surface area contributed by atoms with Gasteiger partial charge in [-0.15, -0.1) is 0 Å². The molecule has 0 bridgehead atoms. The Balaban J connectivity index is 2.24. The maximum absolute atomic E-state index is 11.5. The molecule has 1 aromatic carbocycles. The highest BCUT2D eigenvalue weighted by atomic mass is 16.6. The molecule has 19 heavy (non-hydrogen) atoms. The number of rotatable bonds is 4. The maximum atomic E-state index is 11.5. The summed E-state index contributed by atoms with van der Waals surface area (Å²) in [5, 5.41) is 2.93. The molecule has 2 rings (SSSR count). The van der Waals surface area contributed by atoms with Gasteiger partial charge in [-0.3, -0.25) is 4.79 Å². The van der Waals surface area contributed by atoms with E-state index in [9.17, 15) is 4.79 Å². The van der Waals surface area contributed by atoms with E-state index in [0.29, 0.717) is 13.2 Å². The van der Waals surface area contributed by atoms with E-state index in [2.05, 4.69) is 19.2 Å². The van der Waals surface area contributed by atoms with Crippen LogP contribution in [0.5, 0.6) is 11.5 Å². The second-order valence-electron chi connectivity index (χ2n) is 4.90.